The van der Waals surface area contributed by atoms with Gasteiger partial charge in [-0.1, -0.05) is 18.2 Å². The van der Waals surface area contributed by atoms with Gasteiger partial charge in [0.25, 0.3) is 0 Å². The molecule has 0 unspecified atom stereocenters. The third-order valence-electron chi connectivity index (χ3n) is 2.14. The Morgan fingerprint density at radius 2 is 2.19 bits per heavy atom. The monoisotopic (exact) mass is 223 g/mol. The van der Waals surface area contributed by atoms with E-state index in [1.165, 1.54) is 0 Å². The molecule has 0 radical (unpaired) electrons. The summed E-state index contributed by atoms with van der Waals surface area (Å²) in [5.74, 6) is 0.583. The van der Waals surface area contributed by atoms with Crippen LogP contribution >= 0.6 is 0 Å². The van der Waals surface area contributed by atoms with Crippen LogP contribution in [0.3, 0.4) is 0 Å². The standard InChI is InChI=1S/C12H17NO3/c1-9(14)8-13-12(15)7-10-5-3-4-6-11(10)16-2/h3-6,9,14H,7-8H2,1-2H3,(H,13,15)/t9-/m1/s1. The first-order chi connectivity index (χ1) is 7.63. The van der Waals surface area contributed by atoms with E-state index in [0.29, 0.717) is 5.75 Å². The maximum Gasteiger partial charge on any atom is 0.224 e. The molecule has 0 heterocycles. The highest BCUT2D eigenvalue weighted by molar-refractivity contribution is 5.79. The van der Waals surface area contributed by atoms with Gasteiger partial charge in [0.2, 0.25) is 5.91 Å². The van der Waals surface area contributed by atoms with E-state index in [9.17, 15) is 4.79 Å². The minimum Gasteiger partial charge on any atom is -0.496 e. The van der Waals surface area contributed by atoms with E-state index >= 15 is 0 Å². The van der Waals surface area contributed by atoms with Crippen molar-refractivity contribution in [1.82, 2.24) is 5.32 Å². The van der Waals surface area contributed by atoms with Gasteiger partial charge in [0.15, 0.2) is 0 Å². The lowest BCUT2D eigenvalue weighted by Crippen LogP contribution is -2.31. The summed E-state index contributed by atoms with van der Waals surface area (Å²) in [6.07, 6.45) is -0.266. The van der Waals surface area contributed by atoms with Crippen molar-refractivity contribution < 1.29 is 14.6 Å². The first-order valence-corrected chi connectivity index (χ1v) is 5.20. The van der Waals surface area contributed by atoms with Crippen LogP contribution in [0.25, 0.3) is 0 Å². The molecule has 0 saturated heterocycles. The molecular weight excluding hydrogens is 206 g/mol. The maximum absolute atomic E-state index is 11.5. The molecule has 0 spiro atoms. The predicted molar refractivity (Wildman–Crippen MR) is 61.4 cm³/mol. The average molecular weight is 223 g/mol. The molecule has 0 aliphatic carbocycles. The molecule has 0 aliphatic heterocycles. The van der Waals surface area contributed by atoms with E-state index < -0.39 is 6.10 Å². The number of para-hydroxylation sites is 1. The molecule has 4 nitrogen and oxygen atoms in total. The van der Waals surface area contributed by atoms with Crippen LogP contribution in [-0.2, 0) is 11.2 Å². The number of nitrogens with one attached hydrogen (secondary N) is 1. The van der Waals surface area contributed by atoms with Crippen molar-refractivity contribution >= 4 is 5.91 Å². The number of aliphatic hydroxyl groups is 1. The van der Waals surface area contributed by atoms with Gasteiger partial charge in [-0.25, -0.2) is 0 Å². The molecule has 0 saturated carbocycles. The highest BCUT2D eigenvalue weighted by atomic mass is 16.5. The van der Waals surface area contributed by atoms with Gasteiger partial charge in [-0.15, -0.1) is 0 Å². The molecule has 2 N–H and O–H groups in total. The molecule has 1 rings (SSSR count). The Kier molecular flexibility index (Phi) is 4.79. The first-order valence-electron chi connectivity index (χ1n) is 5.20. The lowest BCUT2D eigenvalue weighted by atomic mass is 10.1. The van der Waals surface area contributed by atoms with Crippen LogP contribution in [0.2, 0.25) is 0 Å². The third-order valence-corrected chi connectivity index (χ3v) is 2.14. The highest BCUT2D eigenvalue weighted by Crippen LogP contribution is 2.17. The number of carbonyl (C=O) groups excluding carboxylic acids is 1. The Morgan fingerprint density at radius 1 is 1.50 bits per heavy atom. The minimum atomic E-state index is -0.526. The Hall–Kier alpha value is -1.55. The van der Waals surface area contributed by atoms with E-state index in [1.807, 2.05) is 24.3 Å². The van der Waals surface area contributed by atoms with Gasteiger partial charge in [-0.05, 0) is 13.0 Å². The fraction of sp³-hybridized carbons (Fsp3) is 0.417. The molecule has 1 aromatic rings. The molecular formula is C12H17NO3. The Bertz CT molecular complexity index is 350. The van der Waals surface area contributed by atoms with Crippen molar-refractivity contribution in [3.8, 4) is 5.75 Å². The van der Waals surface area contributed by atoms with Gasteiger partial charge in [-0.3, -0.25) is 4.79 Å². The lowest BCUT2D eigenvalue weighted by molar-refractivity contribution is -0.120. The van der Waals surface area contributed by atoms with Gasteiger partial charge in [-0.2, -0.15) is 0 Å². The molecule has 1 amide bonds. The quantitative estimate of drug-likeness (QED) is 0.774. The molecule has 16 heavy (non-hydrogen) atoms. The number of benzene rings is 1. The predicted octanol–water partition coefficient (Wildman–Crippen LogP) is 0.735. The zero-order valence-electron chi connectivity index (χ0n) is 9.56. The zero-order valence-corrected chi connectivity index (χ0v) is 9.56. The summed E-state index contributed by atoms with van der Waals surface area (Å²) in [6.45, 7) is 1.90. The SMILES string of the molecule is COc1ccccc1CC(=O)NC[C@@H](C)O. The molecule has 0 fully saturated rings. The van der Waals surface area contributed by atoms with E-state index in [0.717, 1.165) is 5.56 Å². The van der Waals surface area contributed by atoms with Crippen molar-refractivity contribution in [3.05, 3.63) is 29.8 Å². The number of methoxy groups -OCH3 is 1. The average Bonchev–Trinajstić information content (AvgIpc) is 2.27. The smallest absolute Gasteiger partial charge is 0.224 e. The summed E-state index contributed by atoms with van der Waals surface area (Å²) in [4.78, 5) is 11.5. The maximum atomic E-state index is 11.5. The first kappa shape index (κ1) is 12.5. The van der Waals surface area contributed by atoms with Crippen LogP contribution in [-0.4, -0.2) is 30.8 Å². The third kappa shape index (κ3) is 3.90. The molecule has 0 bridgehead atoms. The fourth-order valence-electron chi connectivity index (χ4n) is 1.35. The number of ether oxygens (including phenoxy) is 1. The summed E-state index contributed by atoms with van der Waals surface area (Å²) in [7, 11) is 1.58. The molecule has 1 aromatic carbocycles. The van der Waals surface area contributed by atoms with Crippen molar-refractivity contribution in [2.75, 3.05) is 13.7 Å². The van der Waals surface area contributed by atoms with Crippen LogP contribution in [0.5, 0.6) is 5.75 Å². The summed E-state index contributed by atoms with van der Waals surface area (Å²) in [6, 6.07) is 7.38. The molecule has 0 aromatic heterocycles. The van der Waals surface area contributed by atoms with Crippen molar-refractivity contribution in [2.45, 2.75) is 19.4 Å². The van der Waals surface area contributed by atoms with Gasteiger partial charge in [0.05, 0.1) is 19.6 Å². The second kappa shape index (κ2) is 6.12. The van der Waals surface area contributed by atoms with Crippen LogP contribution < -0.4 is 10.1 Å². The Labute approximate surface area is 95.2 Å². The van der Waals surface area contributed by atoms with Gasteiger partial charge < -0.3 is 15.2 Å². The highest BCUT2D eigenvalue weighted by Gasteiger charge is 2.08. The van der Waals surface area contributed by atoms with Crippen LogP contribution in [0.1, 0.15) is 12.5 Å². The number of rotatable bonds is 5. The number of carbonyl (C=O) groups is 1. The summed E-state index contributed by atoms with van der Waals surface area (Å²) >= 11 is 0. The second-order valence-electron chi connectivity index (χ2n) is 3.64. The summed E-state index contributed by atoms with van der Waals surface area (Å²) in [5, 5.41) is 11.7. The normalized spacial score (nSPS) is 11.9. The lowest BCUT2D eigenvalue weighted by Gasteiger charge is -2.09. The van der Waals surface area contributed by atoms with E-state index in [1.54, 1.807) is 14.0 Å². The number of hydrogen-bond donors (Lipinski definition) is 2. The topological polar surface area (TPSA) is 58.6 Å². The Morgan fingerprint density at radius 3 is 2.81 bits per heavy atom. The van der Waals surface area contributed by atoms with E-state index in [-0.39, 0.29) is 18.9 Å². The van der Waals surface area contributed by atoms with Crippen LogP contribution in [0.15, 0.2) is 24.3 Å². The summed E-state index contributed by atoms with van der Waals surface area (Å²) < 4.78 is 5.14. The molecule has 4 heteroatoms. The van der Waals surface area contributed by atoms with Crippen molar-refractivity contribution in [2.24, 2.45) is 0 Å². The van der Waals surface area contributed by atoms with Crippen LogP contribution in [0, 0.1) is 0 Å². The molecule has 88 valence electrons. The van der Waals surface area contributed by atoms with Crippen LogP contribution in [0.4, 0.5) is 0 Å². The van der Waals surface area contributed by atoms with Gasteiger partial charge >= 0.3 is 0 Å². The fourth-order valence-corrected chi connectivity index (χ4v) is 1.35. The number of amides is 1. The number of hydrogen-bond acceptors (Lipinski definition) is 3. The van der Waals surface area contributed by atoms with Crippen molar-refractivity contribution in [3.63, 3.8) is 0 Å². The molecule has 0 aliphatic rings. The van der Waals surface area contributed by atoms with Gasteiger partial charge in [0.1, 0.15) is 5.75 Å². The summed E-state index contributed by atoms with van der Waals surface area (Å²) in [5.41, 5.74) is 0.841. The second-order valence-corrected chi connectivity index (χ2v) is 3.64. The zero-order chi connectivity index (χ0) is 12.0. The largest absolute Gasteiger partial charge is 0.496 e. The van der Waals surface area contributed by atoms with Crippen molar-refractivity contribution in [1.29, 1.82) is 0 Å². The van der Waals surface area contributed by atoms with E-state index in [2.05, 4.69) is 5.32 Å². The van der Waals surface area contributed by atoms with Gasteiger partial charge in [0, 0.05) is 12.1 Å². The molecule has 1 atom stereocenters. The van der Waals surface area contributed by atoms with E-state index in [4.69, 9.17) is 9.84 Å². The minimum absolute atomic E-state index is 0.120. The Balaban J connectivity index is 2.55. The number of aliphatic hydroxyl groups excluding tert-OH is 1.